The first-order chi connectivity index (χ1) is 7.56. The summed E-state index contributed by atoms with van der Waals surface area (Å²) in [4.78, 5) is 10.9. The molecule has 0 fully saturated rings. The van der Waals surface area contributed by atoms with Gasteiger partial charge in [-0.25, -0.2) is 4.79 Å². The number of nitrogens with zero attached hydrogens (tertiary/aromatic N) is 1. The van der Waals surface area contributed by atoms with Crippen LogP contribution in [0.15, 0.2) is 0 Å². The fourth-order valence-electron chi connectivity index (χ4n) is 1.55. The summed E-state index contributed by atoms with van der Waals surface area (Å²) >= 11 is 0. The molecular weight excluding hydrogens is 208 g/mol. The fourth-order valence-corrected chi connectivity index (χ4v) is 1.55. The lowest BCUT2D eigenvalue weighted by molar-refractivity contribution is 0.0646. The van der Waals surface area contributed by atoms with Crippen molar-refractivity contribution in [3.05, 3.63) is 17.0 Å². The number of aromatic nitrogens is 2. The summed E-state index contributed by atoms with van der Waals surface area (Å²) in [5, 5.41) is 15.4. The van der Waals surface area contributed by atoms with Crippen LogP contribution < -0.4 is 0 Å². The van der Waals surface area contributed by atoms with Crippen LogP contribution in [0.3, 0.4) is 0 Å². The Morgan fingerprint density at radius 2 is 2.31 bits per heavy atom. The second-order valence-corrected chi connectivity index (χ2v) is 3.85. The molecule has 16 heavy (non-hydrogen) atoms. The van der Waals surface area contributed by atoms with Crippen molar-refractivity contribution in [1.29, 1.82) is 0 Å². The first-order valence-corrected chi connectivity index (χ1v) is 5.45. The van der Waals surface area contributed by atoms with Gasteiger partial charge in [-0.15, -0.1) is 0 Å². The number of carboxylic acid groups (broad SMARTS) is 1. The van der Waals surface area contributed by atoms with Crippen molar-refractivity contribution < 1.29 is 14.6 Å². The van der Waals surface area contributed by atoms with Gasteiger partial charge in [-0.1, -0.05) is 6.92 Å². The average molecular weight is 226 g/mol. The molecule has 0 radical (unpaired) electrons. The second-order valence-electron chi connectivity index (χ2n) is 3.85. The number of aryl methyl sites for hydroxylation is 1. The Bertz CT molecular complexity index is 360. The number of rotatable bonds is 6. The molecule has 0 spiro atoms. The predicted molar refractivity (Wildman–Crippen MR) is 59.7 cm³/mol. The van der Waals surface area contributed by atoms with E-state index in [1.165, 1.54) is 0 Å². The fraction of sp³-hybridized carbons (Fsp3) is 0.636. The molecular formula is C11H18N2O3. The zero-order valence-corrected chi connectivity index (χ0v) is 9.91. The summed E-state index contributed by atoms with van der Waals surface area (Å²) < 4.78 is 5.52. The first-order valence-electron chi connectivity index (χ1n) is 5.45. The van der Waals surface area contributed by atoms with Crippen LogP contribution in [-0.4, -0.2) is 34.0 Å². The van der Waals surface area contributed by atoms with E-state index in [0.29, 0.717) is 13.0 Å². The van der Waals surface area contributed by atoms with Crippen LogP contribution in [0.1, 0.15) is 42.0 Å². The number of carboxylic acids is 1. The number of aromatic carboxylic acids is 1. The van der Waals surface area contributed by atoms with Gasteiger partial charge >= 0.3 is 5.97 Å². The molecule has 90 valence electrons. The minimum absolute atomic E-state index is 0.00866. The minimum Gasteiger partial charge on any atom is -0.477 e. The van der Waals surface area contributed by atoms with Crippen LogP contribution in [-0.2, 0) is 11.2 Å². The van der Waals surface area contributed by atoms with Crippen molar-refractivity contribution in [3.63, 3.8) is 0 Å². The SMILES string of the molecule is CCCOC(C)Cc1c(C)n[nH]c1C(=O)O. The molecule has 0 aliphatic heterocycles. The predicted octanol–water partition coefficient (Wildman–Crippen LogP) is 1.77. The largest absolute Gasteiger partial charge is 0.477 e. The lowest BCUT2D eigenvalue weighted by atomic mass is 10.1. The van der Waals surface area contributed by atoms with E-state index in [1.807, 2.05) is 13.8 Å². The highest BCUT2D eigenvalue weighted by molar-refractivity contribution is 5.87. The van der Waals surface area contributed by atoms with Crippen LogP contribution in [0.5, 0.6) is 0 Å². The molecule has 2 N–H and O–H groups in total. The van der Waals surface area contributed by atoms with E-state index in [2.05, 4.69) is 10.2 Å². The van der Waals surface area contributed by atoms with Gasteiger partial charge in [-0.05, 0) is 20.3 Å². The van der Waals surface area contributed by atoms with Gasteiger partial charge in [-0.2, -0.15) is 5.10 Å². The van der Waals surface area contributed by atoms with Gasteiger partial charge < -0.3 is 9.84 Å². The maximum absolute atomic E-state index is 10.9. The third kappa shape index (κ3) is 3.06. The number of H-pyrrole nitrogens is 1. The third-order valence-electron chi connectivity index (χ3n) is 2.39. The van der Waals surface area contributed by atoms with E-state index in [1.54, 1.807) is 6.92 Å². The normalized spacial score (nSPS) is 12.7. The summed E-state index contributed by atoms with van der Waals surface area (Å²) in [5.41, 5.74) is 1.63. The van der Waals surface area contributed by atoms with Gasteiger partial charge in [0.2, 0.25) is 0 Å². The number of aromatic amines is 1. The Labute approximate surface area is 94.8 Å². The van der Waals surface area contributed by atoms with Gasteiger partial charge in [-0.3, -0.25) is 5.10 Å². The number of ether oxygens (including phenoxy) is 1. The van der Waals surface area contributed by atoms with Crippen molar-refractivity contribution >= 4 is 5.97 Å². The van der Waals surface area contributed by atoms with Gasteiger partial charge in [0.25, 0.3) is 0 Å². The van der Waals surface area contributed by atoms with Crippen LogP contribution in [0.25, 0.3) is 0 Å². The van der Waals surface area contributed by atoms with Crippen LogP contribution in [0.2, 0.25) is 0 Å². The lowest BCUT2D eigenvalue weighted by Crippen LogP contribution is -2.14. The lowest BCUT2D eigenvalue weighted by Gasteiger charge is -2.12. The zero-order valence-electron chi connectivity index (χ0n) is 9.91. The molecule has 5 heteroatoms. The van der Waals surface area contributed by atoms with Crippen molar-refractivity contribution in [3.8, 4) is 0 Å². The molecule has 1 rings (SSSR count). The molecule has 5 nitrogen and oxygen atoms in total. The summed E-state index contributed by atoms with van der Waals surface area (Å²) in [7, 11) is 0. The monoisotopic (exact) mass is 226 g/mol. The Morgan fingerprint density at radius 3 is 2.88 bits per heavy atom. The summed E-state index contributed by atoms with van der Waals surface area (Å²) in [6.45, 7) is 6.47. The summed E-state index contributed by atoms with van der Waals surface area (Å²) in [5.74, 6) is -0.974. The Kier molecular flexibility index (Phi) is 4.49. The van der Waals surface area contributed by atoms with Crippen molar-refractivity contribution in [2.75, 3.05) is 6.61 Å². The highest BCUT2D eigenvalue weighted by Gasteiger charge is 2.18. The molecule has 0 amide bonds. The van der Waals surface area contributed by atoms with Gasteiger partial charge in [0.05, 0.1) is 11.8 Å². The van der Waals surface area contributed by atoms with Crippen LogP contribution >= 0.6 is 0 Å². The molecule has 1 unspecified atom stereocenters. The van der Waals surface area contributed by atoms with E-state index in [0.717, 1.165) is 17.7 Å². The van der Waals surface area contributed by atoms with Crippen molar-refractivity contribution in [2.24, 2.45) is 0 Å². The molecule has 0 saturated carbocycles. The Morgan fingerprint density at radius 1 is 1.62 bits per heavy atom. The van der Waals surface area contributed by atoms with Gasteiger partial charge in [0.15, 0.2) is 0 Å². The van der Waals surface area contributed by atoms with Gasteiger partial charge in [0, 0.05) is 18.6 Å². The highest BCUT2D eigenvalue weighted by Crippen LogP contribution is 2.14. The van der Waals surface area contributed by atoms with E-state index >= 15 is 0 Å². The van der Waals surface area contributed by atoms with Crippen LogP contribution in [0, 0.1) is 6.92 Å². The average Bonchev–Trinajstić information content (AvgIpc) is 2.58. The molecule has 0 aromatic carbocycles. The molecule has 1 aromatic heterocycles. The second kappa shape index (κ2) is 5.65. The zero-order chi connectivity index (χ0) is 12.1. The quantitative estimate of drug-likeness (QED) is 0.775. The minimum atomic E-state index is -0.974. The van der Waals surface area contributed by atoms with Crippen molar-refractivity contribution in [1.82, 2.24) is 10.2 Å². The molecule has 0 aliphatic carbocycles. The smallest absolute Gasteiger partial charge is 0.354 e. The Balaban J connectivity index is 2.71. The number of nitrogens with one attached hydrogen (secondary N) is 1. The summed E-state index contributed by atoms with van der Waals surface area (Å²) in [6, 6.07) is 0. The molecule has 0 bridgehead atoms. The van der Waals surface area contributed by atoms with E-state index < -0.39 is 5.97 Å². The number of hydrogen-bond donors (Lipinski definition) is 2. The maximum Gasteiger partial charge on any atom is 0.354 e. The maximum atomic E-state index is 10.9. The highest BCUT2D eigenvalue weighted by atomic mass is 16.5. The van der Waals surface area contributed by atoms with E-state index in [-0.39, 0.29) is 11.8 Å². The molecule has 1 atom stereocenters. The first kappa shape index (κ1) is 12.7. The summed E-state index contributed by atoms with van der Waals surface area (Å²) in [6.07, 6.45) is 1.54. The molecule has 0 aliphatic rings. The van der Waals surface area contributed by atoms with Crippen molar-refractivity contribution in [2.45, 2.75) is 39.7 Å². The topological polar surface area (TPSA) is 75.2 Å². The number of hydrogen-bond acceptors (Lipinski definition) is 3. The molecule has 1 heterocycles. The molecule has 0 saturated heterocycles. The van der Waals surface area contributed by atoms with Gasteiger partial charge in [0.1, 0.15) is 5.69 Å². The van der Waals surface area contributed by atoms with Crippen LogP contribution in [0.4, 0.5) is 0 Å². The Hall–Kier alpha value is -1.36. The molecule has 1 aromatic rings. The van der Waals surface area contributed by atoms with E-state index in [4.69, 9.17) is 9.84 Å². The number of carbonyl (C=O) groups is 1. The standard InChI is InChI=1S/C11H18N2O3/c1-4-5-16-7(2)6-9-8(3)12-13-10(9)11(14)15/h7H,4-6H2,1-3H3,(H,12,13)(H,14,15). The van der Waals surface area contributed by atoms with E-state index in [9.17, 15) is 4.79 Å². The third-order valence-corrected chi connectivity index (χ3v) is 2.39.